The van der Waals surface area contributed by atoms with Crippen LogP contribution < -0.4 is 10.5 Å². The summed E-state index contributed by atoms with van der Waals surface area (Å²) in [7, 11) is 0. The van der Waals surface area contributed by atoms with E-state index >= 15 is 0 Å². The second-order valence-corrected chi connectivity index (χ2v) is 10.4. The minimum Gasteiger partial charge on any atom is -0.478 e. The van der Waals surface area contributed by atoms with Crippen LogP contribution >= 0.6 is 11.3 Å². The second kappa shape index (κ2) is 10.4. The molecule has 0 bridgehead atoms. The summed E-state index contributed by atoms with van der Waals surface area (Å²) in [4.78, 5) is 24.7. The van der Waals surface area contributed by atoms with E-state index in [4.69, 9.17) is 14.9 Å². The van der Waals surface area contributed by atoms with E-state index in [2.05, 4.69) is 20.2 Å². The number of aryl methyl sites for hydroxylation is 1. The topological polar surface area (TPSA) is 120 Å². The number of rotatable bonds is 8. The minimum atomic E-state index is -0.878. The number of hydrogen-bond donors (Lipinski definition) is 1. The van der Waals surface area contributed by atoms with Crippen LogP contribution in [0.15, 0.2) is 52.3 Å². The Morgan fingerprint density at radius 1 is 1.24 bits per heavy atom. The minimum absolute atomic E-state index is 0.0377. The Labute approximate surface area is 219 Å². The molecular weight excluding hydrogens is 488 g/mol. The Hall–Kier alpha value is -3.63. The van der Waals surface area contributed by atoms with Gasteiger partial charge >= 0.3 is 0 Å². The first-order valence-electron chi connectivity index (χ1n) is 12.4. The fraction of sp³-hybridized carbons (Fsp3) is 0.370. The maximum absolute atomic E-state index is 13.7. The summed E-state index contributed by atoms with van der Waals surface area (Å²) in [6, 6.07) is 13.2. The highest BCUT2D eigenvalue weighted by molar-refractivity contribution is 7.09. The van der Waals surface area contributed by atoms with E-state index in [9.17, 15) is 4.79 Å². The molecular formula is C27H30N6O3S. The fourth-order valence-corrected chi connectivity index (χ4v) is 5.51. The smallest absolute Gasteiger partial charge is 0.266 e. The van der Waals surface area contributed by atoms with Crippen molar-refractivity contribution >= 4 is 17.2 Å². The van der Waals surface area contributed by atoms with Gasteiger partial charge in [-0.25, -0.2) is 9.97 Å². The highest BCUT2D eigenvalue weighted by Gasteiger charge is 2.34. The molecule has 1 saturated heterocycles. The number of hydrogen-bond acceptors (Lipinski definition) is 9. The second-order valence-electron chi connectivity index (χ2n) is 9.49. The van der Waals surface area contributed by atoms with Gasteiger partial charge in [-0.2, -0.15) is 0 Å². The molecule has 1 fully saturated rings. The highest BCUT2D eigenvalue weighted by atomic mass is 32.1. The van der Waals surface area contributed by atoms with Crippen molar-refractivity contribution < 1.29 is 13.9 Å². The lowest BCUT2D eigenvalue weighted by atomic mass is 9.94. The van der Waals surface area contributed by atoms with Crippen molar-refractivity contribution in [2.75, 3.05) is 13.2 Å². The largest absolute Gasteiger partial charge is 0.478 e. The van der Waals surface area contributed by atoms with Crippen LogP contribution in [0.4, 0.5) is 0 Å². The van der Waals surface area contributed by atoms with E-state index in [1.54, 1.807) is 23.5 Å². The van der Waals surface area contributed by atoms with Gasteiger partial charge in [0.2, 0.25) is 11.8 Å². The molecule has 2 atom stereocenters. The standard InChI is InChI=1S/C27H30N6O3S/c1-4-35-22-14-19(25(34)33-12-8-11-21(33)24-29-17(2)16-37-24)13-20(30-22)23-31-32-26(36-23)27(3,28)15-18-9-6-5-7-10-18/h5-7,9-10,13-14,16,21H,4,8,11-12,15,28H2,1-3H3/t21-,27+/m1/s1. The number of amides is 1. The number of thiazole rings is 1. The van der Waals surface area contributed by atoms with Crippen molar-refractivity contribution in [2.45, 2.75) is 51.6 Å². The summed E-state index contributed by atoms with van der Waals surface area (Å²) >= 11 is 1.59. The van der Waals surface area contributed by atoms with E-state index in [1.807, 2.05) is 61.4 Å². The van der Waals surface area contributed by atoms with Gasteiger partial charge in [-0.1, -0.05) is 30.3 Å². The SMILES string of the molecule is CCOc1cc(C(=O)N2CCC[C@@H]2c2nc(C)cs2)cc(-c2nnc([C@@](C)(N)Cc3ccccc3)o2)n1. The lowest BCUT2D eigenvalue weighted by Gasteiger charge is -2.23. The predicted molar refractivity (Wildman–Crippen MR) is 140 cm³/mol. The molecule has 1 aromatic carbocycles. The number of pyridine rings is 1. The van der Waals surface area contributed by atoms with E-state index in [0.29, 0.717) is 42.6 Å². The maximum Gasteiger partial charge on any atom is 0.266 e. The zero-order valence-electron chi connectivity index (χ0n) is 21.2. The van der Waals surface area contributed by atoms with E-state index in [1.165, 1.54) is 0 Å². The molecule has 192 valence electrons. The molecule has 37 heavy (non-hydrogen) atoms. The number of ether oxygens (including phenoxy) is 1. The first-order valence-corrected chi connectivity index (χ1v) is 13.3. The zero-order chi connectivity index (χ0) is 26.0. The molecule has 5 rings (SSSR count). The molecule has 1 aliphatic heterocycles. The predicted octanol–water partition coefficient (Wildman–Crippen LogP) is 4.69. The third kappa shape index (κ3) is 5.40. The van der Waals surface area contributed by atoms with Crippen LogP contribution in [0.25, 0.3) is 11.6 Å². The lowest BCUT2D eigenvalue weighted by molar-refractivity contribution is 0.0734. The van der Waals surface area contributed by atoms with Crippen LogP contribution in [0.1, 0.15) is 65.2 Å². The summed E-state index contributed by atoms with van der Waals surface area (Å²) in [6.45, 7) is 6.76. The first-order chi connectivity index (χ1) is 17.8. The van der Waals surface area contributed by atoms with Crippen molar-refractivity contribution in [3.63, 3.8) is 0 Å². The van der Waals surface area contributed by atoms with Crippen LogP contribution in [0.5, 0.6) is 5.88 Å². The van der Waals surface area contributed by atoms with Crippen LogP contribution in [0.2, 0.25) is 0 Å². The number of carbonyl (C=O) groups excluding carboxylic acids is 1. The van der Waals surface area contributed by atoms with E-state index < -0.39 is 5.54 Å². The Morgan fingerprint density at radius 3 is 2.78 bits per heavy atom. The van der Waals surface area contributed by atoms with Gasteiger partial charge < -0.3 is 19.8 Å². The summed E-state index contributed by atoms with van der Waals surface area (Å²) in [6.07, 6.45) is 2.34. The van der Waals surface area contributed by atoms with Crippen molar-refractivity contribution in [3.05, 3.63) is 75.6 Å². The van der Waals surface area contributed by atoms with Crippen molar-refractivity contribution in [1.29, 1.82) is 0 Å². The van der Waals surface area contributed by atoms with Crippen LogP contribution in [-0.4, -0.2) is 44.1 Å². The summed E-state index contributed by atoms with van der Waals surface area (Å²) in [5, 5.41) is 11.4. The molecule has 4 aromatic rings. The molecule has 0 saturated carbocycles. The van der Waals surface area contributed by atoms with Gasteiger partial charge in [-0.05, 0) is 51.7 Å². The fourth-order valence-electron chi connectivity index (χ4n) is 4.57. The van der Waals surface area contributed by atoms with Gasteiger partial charge in [0.1, 0.15) is 10.7 Å². The number of likely N-dealkylation sites (tertiary alicyclic amines) is 1. The third-order valence-corrected chi connectivity index (χ3v) is 7.39. The van der Waals surface area contributed by atoms with Gasteiger partial charge in [0, 0.05) is 29.2 Å². The normalized spacial score (nSPS) is 17.1. The highest BCUT2D eigenvalue weighted by Crippen LogP contribution is 2.35. The van der Waals surface area contributed by atoms with Crippen LogP contribution in [0.3, 0.4) is 0 Å². The molecule has 0 aliphatic carbocycles. The Balaban J connectivity index is 1.44. The average molecular weight is 519 g/mol. The summed E-state index contributed by atoms with van der Waals surface area (Å²) < 4.78 is 11.7. The van der Waals surface area contributed by atoms with Crippen molar-refractivity contribution in [1.82, 2.24) is 25.1 Å². The van der Waals surface area contributed by atoms with Crippen molar-refractivity contribution in [2.24, 2.45) is 5.73 Å². The maximum atomic E-state index is 13.7. The van der Waals surface area contributed by atoms with E-state index in [-0.39, 0.29) is 17.8 Å². The van der Waals surface area contributed by atoms with Gasteiger partial charge in [0.25, 0.3) is 11.8 Å². The number of nitrogens with two attached hydrogens (primary N) is 1. The number of benzene rings is 1. The van der Waals surface area contributed by atoms with Gasteiger partial charge in [-0.3, -0.25) is 4.79 Å². The average Bonchev–Trinajstić information content (AvgIpc) is 3.65. The van der Waals surface area contributed by atoms with E-state index in [0.717, 1.165) is 29.1 Å². The molecule has 4 heterocycles. The van der Waals surface area contributed by atoms with Gasteiger partial charge in [-0.15, -0.1) is 21.5 Å². The lowest BCUT2D eigenvalue weighted by Crippen LogP contribution is -2.35. The third-order valence-electron chi connectivity index (χ3n) is 6.32. The Morgan fingerprint density at radius 2 is 2.05 bits per heavy atom. The molecule has 3 aromatic heterocycles. The summed E-state index contributed by atoms with van der Waals surface area (Å²) in [5.41, 5.74) is 8.53. The Bertz CT molecular complexity index is 1380. The quantitative estimate of drug-likeness (QED) is 0.357. The molecule has 9 nitrogen and oxygen atoms in total. The van der Waals surface area contributed by atoms with Crippen LogP contribution in [0, 0.1) is 6.92 Å². The molecule has 1 aliphatic rings. The monoisotopic (exact) mass is 518 g/mol. The molecule has 0 radical (unpaired) electrons. The van der Waals surface area contributed by atoms with Crippen molar-refractivity contribution in [3.8, 4) is 17.5 Å². The molecule has 0 unspecified atom stereocenters. The number of aromatic nitrogens is 4. The van der Waals surface area contributed by atoms with Gasteiger partial charge in [0.05, 0.1) is 18.2 Å². The summed E-state index contributed by atoms with van der Waals surface area (Å²) in [5.74, 6) is 0.696. The Kier molecular flexibility index (Phi) is 7.03. The molecule has 2 N–H and O–H groups in total. The molecule has 10 heteroatoms. The number of nitrogens with zero attached hydrogens (tertiary/aromatic N) is 5. The zero-order valence-corrected chi connectivity index (χ0v) is 22.0. The first kappa shape index (κ1) is 25.0. The van der Waals surface area contributed by atoms with Crippen LogP contribution in [-0.2, 0) is 12.0 Å². The molecule has 1 amide bonds. The number of carbonyl (C=O) groups is 1. The van der Waals surface area contributed by atoms with Gasteiger partial charge in [0.15, 0.2) is 0 Å². The molecule has 0 spiro atoms.